The molecule has 4 N–H and O–H groups in total. The summed E-state index contributed by atoms with van der Waals surface area (Å²) in [6.45, 7) is 0.584. The predicted molar refractivity (Wildman–Crippen MR) is 77.9 cm³/mol. The van der Waals surface area contributed by atoms with Gasteiger partial charge in [-0.3, -0.25) is 4.79 Å². The maximum Gasteiger partial charge on any atom is 0.315 e. The number of aliphatic carboxylic acids is 1. The van der Waals surface area contributed by atoms with Crippen LogP contribution in [0.3, 0.4) is 0 Å². The first-order chi connectivity index (χ1) is 10.1. The zero-order valence-electron chi connectivity index (χ0n) is 12.4. The number of carboxylic acid groups (broad SMARTS) is 1. The molecule has 0 radical (unpaired) electrons. The van der Waals surface area contributed by atoms with E-state index in [-0.39, 0.29) is 18.0 Å². The van der Waals surface area contributed by atoms with Gasteiger partial charge in [0.15, 0.2) is 0 Å². The van der Waals surface area contributed by atoms with Gasteiger partial charge in [0.1, 0.15) is 0 Å². The highest BCUT2D eigenvalue weighted by atomic mass is 16.4. The lowest BCUT2D eigenvalue weighted by Gasteiger charge is -2.29. The van der Waals surface area contributed by atoms with Crippen molar-refractivity contribution in [1.29, 1.82) is 0 Å². The van der Waals surface area contributed by atoms with Crippen LogP contribution in [0.2, 0.25) is 0 Å². The van der Waals surface area contributed by atoms with Crippen LogP contribution in [0.25, 0.3) is 0 Å². The van der Waals surface area contributed by atoms with Gasteiger partial charge in [0.25, 0.3) is 0 Å². The van der Waals surface area contributed by atoms with Gasteiger partial charge in [-0.15, -0.1) is 0 Å². The molecule has 0 saturated heterocycles. The fraction of sp³-hybridized carbons (Fsp3) is 0.867. The molecule has 2 rings (SSSR count). The fourth-order valence-electron chi connectivity index (χ4n) is 3.35. The number of carbonyl (C=O) groups excluding carboxylic acids is 1. The summed E-state index contributed by atoms with van der Waals surface area (Å²) >= 11 is 0. The molecule has 21 heavy (non-hydrogen) atoms. The Labute approximate surface area is 125 Å². The second-order valence-corrected chi connectivity index (χ2v) is 6.37. The van der Waals surface area contributed by atoms with Crippen LogP contribution in [0, 0.1) is 11.8 Å². The largest absolute Gasteiger partial charge is 0.481 e. The molecule has 0 aliphatic heterocycles. The van der Waals surface area contributed by atoms with Gasteiger partial charge in [-0.25, -0.2) is 4.79 Å². The van der Waals surface area contributed by atoms with E-state index in [1.165, 1.54) is 0 Å². The molecule has 2 saturated carbocycles. The highest BCUT2D eigenvalue weighted by Crippen LogP contribution is 2.28. The number of amides is 2. The Morgan fingerprint density at radius 1 is 1.00 bits per heavy atom. The number of nitrogens with one attached hydrogen (secondary N) is 2. The quantitative estimate of drug-likeness (QED) is 0.632. The third-order valence-corrected chi connectivity index (χ3v) is 4.79. The molecule has 2 fully saturated rings. The van der Waals surface area contributed by atoms with Crippen LogP contribution in [0.1, 0.15) is 51.4 Å². The Kier molecular flexibility index (Phi) is 5.85. The smallest absolute Gasteiger partial charge is 0.315 e. The minimum atomic E-state index is -0.703. The summed E-state index contributed by atoms with van der Waals surface area (Å²) in [5, 5.41) is 24.5. The highest BCUT2D eigenvalue weighted by molar-refractivity contribution is 5.74. The van der Waals surface area contributed by atoms with E-state index in [1.807, 2.05) is 0 Å². The van der Waals surface area contributed by atoms with E-state index in [2.05, 4.69) is 10.6 Å². The molecular weight excluding hydrogens is 272 g/mol. The summed E-state index contributed by atoms with van der Waals surface area (Å²) in [6.07, 6.45) is 6.31. The minimum Gasteiger partial charge on any atom is -0.481 e. The van der Waals surface area contributed by atoms with Gasteiger partial charge in [-0.05, 0) is 44.4 Å². The normalized spacial score (nSPS) is 33.2. The van der Waals surface area contributed by atoms with Crippen molar-refractivity contribution in [2.24, 2.45) is 11.8 Å². The van der Waals surface area contributed by atoms with E-state index in [1.54, 1.807) is 0 Å². The van der Waals surface area contributed by atoms with Crippen LogP contribution >= 0.6 is 0 Å². The number of carbonyl (C=O) groups is 2. The van der Waals surface area contributed by atoms with Crippen molar-refractivity contribution in [3.8, 4) is 0 Å². The second kappa shape index (κ2) is 7.64. The van der Waals surface area contributed by atoms with Gasteiger partial charge >= 0.3 is 12.0 Å². The Hall–Kier alpha value is -1.30. The van der Waals surface area contributed by atoms with E-state index in [0.29, 0.717) is 25.3 Å². The zero-order chi connectivity index (χ0) is 15.2. The van der Waals surface area contributed by atoms with E-state index in [4.69, 9.17) is 5.11 Å². The summed E-state index contributed by atoms with van der Waals surface area (Å²) in [7, 11) is 0. The van der Waals surface area contributed by atoms with Crippen molar-refractivity contribution in [2.75, 3.05) is 6.54 Å². The zero-order valence-corrected chi connectivity index (χ0v) is 12.4. The Morgan fingerprint density at radius 2 is 1.67 bits per heavy atom. The SMILES string of the molecule is O=C(NCC1CCC(C(=O)O)CC1)NC1CCCCC1O. The fourth-order valence-corrected chi connectivity index (χ4v) is 3.35. The molecule has 0 heterocycles. The molecule has 6 nitrogen and oxygen atoms in total. The van der Waals surface area contributed by atoms with Gasteiger partial charge in [-0.2, -0.15) is 0 Å². The molecule has 120 valence electrons. The molecule has 2 atom stereocenters. The molecule has 2 aliphatic rings. The molecule has 0 bridgehead atoms. The predicted octanol–water partition coefficient (Wildman–Crippen LogP) is 1.48. The van der Waals surface area contributed by atoms with Crippen LogP contribution in [-0.2, 0) is 4.79 Å². The van der Waals surface area contributed by atoms with E-state index in [0.717, 1.165) is 38.5 Å². The summed E-state index contributed by atoms with van der Waals surface area (Å²) in [5.41, 5.74) is 0. The Bertz CT molecular complexity index is 367. The van der Waals surface area contributed by atoms with Crippen LogP contribution in [0.15, 0.2) is 0 Å². The lowest BCUT2D eigenvalue weighted by Crippen LogP contribution is -2.49. The first-order valence-corrected chi connectivity index (χ1v) is 8.01. The number of hydrogen-bond donors (Lipinski definition) is 4. The third-order valence-electron chi connectivity index (χ3n) is 4.79. The molecule has 0 aromatic carbocycles. The Balaban J connectivity index is 1.64. The van der Waals surface area contributed by atoms with Crippen molar-refractivity contribution in [3.63, 3.8) is 0 Å². The number of rotatable bonds is 4. The Morgan fingerprint density at radius 3 is 2.29 bits per heavy atom. The standard InChI is InChI=1S/C15H26N2O4/c18-13-4-2-1-3-12(13)17-15(21)16-9-10-5-7-11(8-6-10)14(19)20/h10-13,18H,1-9H2,(H,19,20)(H2,16,17,21). The number of aliphatic hydroxyl groups excluding tert-OH is 1. The van der Waals surface area contributed by atoms with Gasteiger partial charge in [0.2, 0.25) is 0 Å². The second-order valence-electron chi connectivity index (χ2n) is 6.37. The number of aliphatic hydroxyl groups is 1. The van der Waals surface area contributed by atoms with Crippen molar-refractivity contribution < 1.29 is 19.8 Å². The maximum atomic E-state index is 11.8. The van der Waals surface area contributed by atoms with Crippen molar-refractivity contribution >= 4 is 12.0 Å². The summed E-state index contributed by atoms with van der Waals surface area (Å²) < 4.78 is 0. The van der Waals surface area contributed by atoms with Crippen LogP contribution < -0.4 is 10.6 Å². The summed E-state index contributed by atoms with van der Waals surface area (Å²) in [5.74, 6) is -0.555. The topological polar surface area (TPSA) is 98.7 Å². The van der Waals surface area contributed by atoms with E-state index in [9.17, 15) is 14.7 Å². The monoisotopic (exact) mass is 298 g/mol. The molecular formula is C15H26N2O4. The lowest BCUT2D eigenvalue weighted by atomic mass is 9.82. The molecule has 0 aromatic heterocycles. The van der Waals surface area contributed by atoms with Crippen LogP contribution in [0.5, 0.6) is 0 Å². The van der Waals surface area contributed by atoms with Gasteiger partial charge in [0.05, 0.1) is 18.1 Å². The first kappa shape index (κ1) is 16.1. The molecule has 2 aliphatic carbocycles. The van der Waals surface area contributed by atoms with Crippen molar-refractivity contribution in [1.82, 2.24) is 10.6 Å². The van der Waals surface area contributed by atoms with Crippen molar-refractivity contribution in [3.05, 3.63) is 0 Å². The molecule has 0 spiro atoms. The average molecular weight is 298 g/mol. The third kappa shape index (κ3) is 4.88. The van der Waals surface area contributed by atoms with Gasteiger partial charge in [0, 0.05) is 6.54 Å². The molecule has 2 unspecified atom stereocenters. The van der Waals surface area contributed by atoms with Crippen LogP contribution in [-0.4, -0.2) is 40.9 Å². The summed E-state index contributed by atoms with van der Waals surface area (Å²) in [4.78, 5) is 22.7. The summed E-state index contributed by atoms with van der Waals surface area (Å²) in [6, 6.07) is -0.359. The molecule has 2 amide bonds. The number of urea groups is 1. The average Bonchev–Trinajstić information content (AvgIpc) is 2.48. The first-order valence-electron chi connectivity index (χ1n) is 8.01. The number of hydrogen-bond acceptors (Lipinski definition) is 3. The van der Waals surface area contributed by atoms with E-state index < -0.39 is 12.1 Å². The molecule has 6 heteroatoms. The van der Waals surface area contributed by atoms with Crippen LogP contribution in [0.4, 0.5) is 4.79 Å². The van der Waals surface area contributed by atoms with Gasteiger partial charge < -0.3 is 20.8 Å². The number of carboxylic acids is 1. The minimum absolute atomic E-state index is 0.138. The lowest BCUT2D eigenvalue weighted by molar-refractivity contribution is -0.143. The van der Waals surface area contributed by atoms with Crippen molar-refractivity contribution in [2.45, 2.75) is 63.5 Å². The highest BCUT2D eigenvalue weighted by Gasteiger charge is 2.27. The molecule has 0 aromatic rings. The maximum absolute atomic E-state index is 11.8. The van der Waals surface area contributed by atoms with E-state index >= 15 is 0 Å². The van der Waals surface area contributed by atoms with Gasteiger partial charge in [-0.1, -0.05) is 12.8 Å².